The van der Waals surface area contributed by atoms with E-state index in [1.807, 2.05) is 12.1 Å². The number of anilines is 1. The molecule has 2 aromatic rings. The third-order valence-corrected chi connectivity index (χ3v) is 4.04. The smallest absolute Gasteiger partial charge is 0.193 e. The van der Waals surface area contributed by atoms with Crippen LogP contribution in [0.1, 0.15) is 28.7 Å². The lowest BCUT2D eigenvalue weighted by atomic mass is 10.1. The Balaban J connectivity index is 0.00000192. The summed E-state index contributed by atoms with van der Waals surface area (Å²) in [6.07, 6.45) is 3.52. The number of rotatable bonds is 3. The topological polar surface area (TPSA) is 50.4 Å². The van der Waals surface area contributed by atoms with Crippen LogP contribution in [-0.2, 0) is 19.4 Å². The monoisotopic (exact) mass is 425 g/mol. The minimum absolute atomic E-state index is 0. The van der Waals surface area contributed by atoms with Gasteiger partial charge in [-0.15, -0.1) is 24.0 Å². The Morgan fingerprint density at radius 2 is 1.96 bits per heavy atom. The van der Waals surface area contributed by atoms with Gasteiger partial charge in [0.05, 0.1) is 6.54 Å². The molecule has 23 heavy (non-hydrogen) atoms. The number of fused-ring (bicyclic) bond motifs is 1. The van der Waals surface area contributed by atoms with Gasteiger partial charge in [-0.1, -0.05) is 18.2 Å². The normalized spacial score (nSPS) is 13.4. The molecule has 0 heterocycles. The van der Waals surface area contributed by atoms with E-state index in [0.717, 1.165) is 24.1 Å². The van der Waals surface area contributed by atoms with E-state index < -0.39 is 0 Å². The van der Waals surface area contributed by atoms with Crippen molar-refractivity contribution in [2.24, 2.45) is 10.7 Å². The lowest BCUT2D eigenvalue weighted by Crippen LogP contribution is -2.22. The van der Waals surface area contributed by atoms with Gasteiger partial charge in [-0.3, -0.25) is 0 Å². The van der Waals surface area contributed by atoms with Gasteiger partial charge >= 0.3 is 0 Å². The van der Waals surface area contributed by atoms with Crippen LogP contribution in [0, 0.1) is 12.7 Å². The van der Waals surface area contributed by atoms with Gasteiger partial charge in [0.15, 0.2) is 5.96 Å². The van der Waals surface area contributed by atoms with E-state index in [2.05, 4.69) is 22.4 Å². The fourth-order valence-electron chi connectivity index (χ4n) is 2.75. The first-order valence-electron chi connectivity index (χ1n) is 7.55. The number of benzene rings is 2. The minimum Gasteiger partial charge on any atom is -0.370 e. The number of nitrogens with zero attached hydrogens (tertiary/aromatic N) is 1. The first kappa shape index (κ1) is 17.7. The van der Waals surface area contributed by atoms with Gasteiger partial charge in [-0.25, -0.2) is 9.38 Å². The summed E-state index contributed by atoms with van der Waals surface area (Å²) in [7, 11) is 0. The summed E-state index contributed by atoms with van der Waals surface area (Å²) in [6, 6.07) is 11.4. The van der Waals surface area contributed by atoms with Crippen LogP contribution in [-0.4, -0.2) is 5.96 Å². The van der Waals surface area contributed by atoms with Crippen LogP contribution in [0.3, 0.4) is 0 Å². The highest BCUT2D eigenvalue weighted by Crippen LogP contribution is 2.24. The van der Waals surface area contributed by atoms with Crippen LogP contribution in [0.25, 0.3) is 0 Å². The maximum Gasteiger partial charge on any atom is 0.193 e. The maximum absolute atomic E-state index is 13.5. The SMILES string of the molecule is Cc1ccc(CN=C(N)Nc2ccc3c(c2)CCC3)cc1F.I. The van der Waals surface area contributed by atoms with Crippen molar-refractivity contribution in [2.75, 3.05) is 5.32 Å². The Kier molecular flexibility index (Phi) is 5.98. The van der Waals surface area contributed by atoms with Gasteiger partial charge in [-0.05, 0) is 66.6 Å². The Labute approximate surface area is 153 Å². The third-order valence-electron chi connectivity index (χ3n) is 4.04. The van der Waals surface area contributed by atoms with Gasteiger partial charge < -0.3 is 11.1 Å². The summed E-state index contributed by atoms with van der Waals surface area (Å²) in [6.45, 7) is 2.10. The van der Waals surface area contributed by atoms with Crippen molar-refractivity contribution in [1.29, 1.82) is 0 Å². The van der Waals surface area contributed by atoms with Gasteiger partial charge in [0.2, 0.25) is 0 Å². The molecule has 3 N–H and O–H groups in total. The number of aliphatic imine (C=N–C) groups is 1. The zero-order chi connectivity index (χ0) is 15.5. The quantitative estimate of drug-likeness (QED) is 0.441. The zero-order valence-electron chi connectivity index (χ0n) is 13.1. The van der Waals surface area contributed by atoms with Crippen LogP contribution < -0.4 is 11.1 Å². The summed E-state index contributed by atoms with van der Waals surface area (Å²) >= 11 is 0. The molecule has 5 heteroatoms. The van der Waals surface area contributed by atoms with E-state index >= 15 is 0 Å². The number of nitrogens with one attached hydrogen (secondary N) is 1. The van der Waals surface area contributed by atoms with Gasteiger partial charge in [0.1, 0.15) is 5.82 Å². The first-order valence-corrected chi connectivity index (χ1v) is 7.55. The second kappa shape index (κ2) is 7.77. The van der Waals surface area contributed by atoms with Crippen molar-refractivity contribution in [1.82, 2.24) is 0 Å². The van der Waals surface area contributed by atoms with Crippen molar-refractivity contribution in [3.05, 3.63) is 64.5 Å². The van der Waals surface area contributed by atoms with Crippen molar-refractivity contribution in [3.63, 3.8) is 0 Å². The van der Waals surface area contributed by atoms with Crippen LogP contribution in [0.2, 0.25) is 0 Å². The number of guanidine groups is 1. The van der Waals surface area contributed by atoms with Crippen LogP contribution >= 0.6 is 24.0 Å². The second-order valence-electron chi connectivity index (χ2n) is 5.75. The zero-order valence-corrected chi connectivity index (χ0v) is 15.4. The van der Waals surface area contributed by atoms with E-state index in [0.29, 0.717) is 18.1 Å². The highest BCUT2D eigenvalue weighted by Gasteiger charge is 2.10. The van der Waals surface area contributed by atoms with Crippen molar-refractivity contribution in [2.45, 2.75) is 32.7 Å². The highest BCUT2D eigenvalue weighted by atomic mass is 127. The molecule has 3 rings (SSSR count). The van der Waals surface area contributed by atoms with Crippen LogP contribution in [0.5, 0.6) is 0 Å². The molecule has 0 radical (unpaired) electrons. The number of hydrogen-bond donors (Lipinski definition) is 2. The van der Waals surface area contributed by atoms with E-state index in [-0.39, 0.29) is 29.8 Å². The minimum atomic E-state index is -0.210. The number of nitrogens with two attached hydrogens (primary N) is 1. The number of aryl methyl sites for hydroxylation is 3. The molecule has 122 valence electrons. The Bertz CT molecular complexity index is 728. The van der Waals surface area contributed by atoms with Crippen molar-refractivity contribution >= 4 is 35.6 Å². The molecule has 0 saturated carbocycles. The third kappa shape index (κ3) is 4.43. The predicted molar refractivity (Wildman–Crippen MR) is 104 cm³/mol. The molecule has 0 fully saturated rings. The molecular formula is C18H21FIN3. The number of halogens is 2. The lowest BCUT2D eigenvalue weighted by molar-refractivity contribution is 0.616. The molecule has 0 aromatic heterocycles. The summed E-state index contributed by atoms with van der Waals surface area (Å²) < 4.78 is 13.5. The molecule has 1 aliphatic rings. The predicted octanol–water partition coefficient (Wildman–Crippen LogP) is 4.17. The number of hydrogen-bond acceptors (Lipinski definition) is 1. The Morgan fingerprint density at radius 1 is 1.17 bits per heavy atom. The van der Waals surface area contributed by atoms with Crippen LogP contribution in [0.15, 0.2) is 41.4 Å². The Hall–Kier alpha value is -1.63. The molecule has 0 aliphatic heterocycles. The van der Waals surface area contributed by atoms with Crippen molar-refractivity contribution < 1.29 is 4.39 Å². The molecule has 0 spiro atoms. The average molecular weight is 425 g/mol. The summed E-state index contributed by atoms with van der Waals surface area (Å²) in [5.74, 6) is 0.136. The standard InChI is InChI=1S/C18H20FN3.HI/c1-12-5-6-13(9-17(12)19)11-21-18(20)22-16-8-7-14-3-2-4-15(14)10-16;/h5-10H,2-4,11H2,1H3,(H3,20,21,22);1H. The summed E-state index contributed by atoms with van der Waals surface area (Å²) in [5.41, 5.74) is 11.1. The van der Waals surface area contributed by atoms with E-state index in [9.17, 15) is 4.39 Å². The maximum atomic E-state index is 13.5. The largest absolute Gasteiger partial charge is 0.370 e. The molecule has 0 amide bonds. The summed E-state index contributed by atoms with van der Waals surface area (Å²) in [4.78, 5) is 4.27. The van der Waals surface area contributed by atoms with E-state index in [4.69, 9.17) is 5.73 Å². The Morgan fingerprint density at radius 3 is 2.74 bits per heavy atom. The summed E-state index contributed by atoms with van der Waals surface area (Å²) in [5, 5.41) is 3.10. The highest BCUT2D eigenvalue weighted by molar-refractivity contribution is 14.0. The second-order valence-corrected chi connectivity index (χ2v) is 5.75. The van der Waals surface area contributed by atoms with E-state index in [1.54, 1.807) is 13.0 Å². The molecular weight excluding hydrogens is 404 g/mol. The molecule has 0 bridgehead atoms. The molecule has 1 aliphatic carbocycles. The molecule has 0 unspecified atom stereocenters. The molecule has 0 saturated heterocycles. The molecule has 2 aromatic carbocycles. The first-order chi connectivity index (χ1) is 10.6. The molecule has 0 atom stereocenters. The van der Waals surface area contributed by atoms with E-state index in [1.165, 1.54) is 23.6 Å². The fourth-order valence-corrected chi connectivity index (χ4v) is 2.75. The fraction of sp³-hybridized carbons (Fsp3) is 0.278. The van der Waals surface area contributed by atoms with Gasteiger partial charge in [-0.2, -0.15) is 0 Å². The van der Waals surface area contributed by atoms with Crippen molar-refractivity contribution in [3.8, 4) is 0 Å². The van der Waals surface area contributed by atoms with Gasteiger partial charge in [0.25, 0.3) is 0 Å². The van der Waals surface area contributed by atoms with Gasteiger partial charge in [0, 0.05) is 5.69 Å². The average Bonchev–Trinajstić information content (AvgIpc) is 2.96. The molecule has 3 nitrogen and oxygen atoms in total. The lowest BCUT2D eigenvalue weighted by Gasteiger charge is -2.08. The van der Waals surface area contributed by atoms with Crippen LogP contribution in [0.4, 0.5) is 10.1 Å².